The number of ether oxygens (including phenoxy) is 2. The van der Waals surface area contributed by atoms with Crippen LogP contribution in [0.1, 0.15) is 52.0 Å². The molecule has 0 spiro atoms. The maximum Gasteiger partial charge on any atom is 0.336 e. The van der Waals surface area contributed by atoms with Gasteiger partial charge in [-0.1, -0.05) is 23.3 Å². The molecule has 0 saturated heterocycles. The highest BCUT2D eigenvalue weighted by Gasteiger charge is 2.44. The van der Waals surface area contributed by atoms with Gasteiger partial charge in [0.05, 0.1) is 12.2 Å². The van der Waals surface area contributed by atoms with Gasteiger partial charge in [0, 0.05) is 18.3 Å². The molecule has 0 amide bonds. The van der Waals surface area contributed by atoms with Gasteiger partial charge in [0.25, 0.3) is 5.79 Å². The third-order valence-electron chi connectivity index (χ3n) is 4.77. The Hall–Kier alpha value is -2.57. The van der Waals surface area contributed by atoms with E-state index in [0.29, 0.717) is 18.4 Å². The van der Waals surface area contributed by atoms with Gasteiger partial charge in [-0.25, -0.2) is 4.79 Å². The molecule has 1 aromatic rings. The van der Waals surface area contributed by atoms with Crippen molar-refractivity contribution in [3.05, 3.63) is 58.7 Å². The normalized spacial score (nSPS) is 20.0. The first kappa shape index (κ1) is 22.7. The Morgan fingerprint density at radius 3 is 2.59 bits per heavy atom. The van der Waals surface area contributed by atoms with Crippen molar-refractivity contribution in [3.63, 3.8) is 0 Å². The monoisotopic (exact) mass is 402 g/mol. The Morgan fingerprint density at radius 2 is 1.90 bits per heavy atom. The summed E-state index contributed by atoms with van der Waals surface area (Å²) in [6.45, 7) is 6.03. The van der Waals surface area contributed by atoms with Crippen molar-refractivity contribution in [1.82, 2.24) is 0 Å². The molecule has 1 atom stereocenters. The summed E-state index contributed by atoms with van der Waals surface area (Å²) in [5.74, 6) is -2.20. The smallest absolute Gasteiger partial charge is 0.336 e. The topological polar surface area (TPSA) is 96.2 Å². The number of phenols is 2. The van der Waals surface area contributed by atoms with Crippen molar-refractivity contribution in [2.75, 3.05) is 13.2 Å². The zero-order valence-corrected chi connectivity index (χ0v) is 17.3. The fourth-order valence-electron chi connectivity index (χ4n) is 3.18. The number of benzene rings is 1. The maximum atomic E-state index is 12.4. The Balaban J connectivity index is 2.11. The molecular formula is C23H30O6. The summed E-state index contributed by atoms with van der Waals surface area (Å²) in [5.41, 5.74) is 2.83. The molecule has 29 heavy (non-hydrogen) atoms. The van der Waals surface area contributed by atoms with Crippen LogP contribution >= 0.6 is 0 Å². The third-order valence-corrected chi connectivity index (χ3v) is 4.77. The van der Waals surface area contributed by atoms with Gasteiger partial charge in [-0.2, -0.15) is 0 Å². The van der Waals surface area contributed by atoms with E-state index in [-0.39, 0.29) is 30.3 Å². The molecule has 0 unspecified atom stereocenters. The summed E-state index contributed by atoms with van der Waals surface area (Å²) in [6, 6.07) is 4.03. The molecule has 1 heterocycles. The van der Waals surface area contributed by atoms with Crippen LogP contribution in [0, 0.1) is 0 Å². The lowest BCUT2D eigenvalue weighted by Gasteiger charge is -2.27. The third kappa shape index (κ3) is 5.95. The van der Waals surface area contributed by atoms with Gasteiger partial charge < -0.3 is 24.8 Å². The molecule has 2 rings (SSSR count). The minimum Gasteiger partial charge on any atom is -0.508 e. The molecule has 1 aliphatic heterocycles. The highest BCUT2D eigenvalue weighted by Crippen LogP contribution is 2.42. The van der Waals surface area contributed by atoms with E-state index in [2.05, 4.69) is 6.08 Å². The van der Waals surface area contributed by atoms with Crippen LogP contribution in [-0.2, 0) is 20.1 Å². The van der Waals surface area contributed by atoms with Gasteiger partial charge in [-0.05, 0) is 64.7 Å². The number of phenolic OH excluding ortho intramolecular Hbond substituents is 2. The Bertz CT molecular complexity index is 821. The van der Waals surface area contributed by atoms with E-state index in [1.807, 2.05) is 19.9 Å². The number of carbonyl (C=O) groups is 1. The molecule has 0 aromatic heterocycles. The summed E-state index contributed by atoms with van der Waals surface area (Å²) in [5, 5.41) is 29.0. The highest BCUT2D eigenvalue weighted by atomic mass is 16.7. The number of carbonyl (C=O) groups excluding carboxylic acids is 1. The largest absolute Gasteiger partial charge is 0.508 e. The number of hydrogen-bond donors (Lipinski definition) is 3. The highest BCUT2D eigenvalue weighted by molar-refractivity contribution is 5.91. The van der Waals surface area contributed by atoms with Crippen molar-refractivity contribution in [3.8, 4) is 11.5 Å². The molecule has 1 aliphatic rings. The van der Waals surface area contributed by atoms with Crippen molar-refractivity contribution >= 4 is 5.97 Å². The van der Waals surface area contributed by atoms with E-state index in [0.717, 1.165) is 18.4 Å². The van der Waals surface area contributed by atoms with Crippen LogP contribution in [0.2, 0.25) is 0 Å². The first-order valence-electron chi connectivity index (χ1n) is 9.85. The number of allylic oxidation sites excluding steroid dienone is 3. The van der Waals surface area contributed by atoms with E-state index in [4.69, 9.17) is 14.6 Å². The number of aromatic hydroxyl groups is 2. The number of rotatable bonds is 10. The van der Waals surface area contributed by atoms with Gasteiger partial charge >= 0.3 is 5.97 Å². The lowest BCUT2D eigenvalue weighted by atomic mass is 10.0. The van der Waals surface area contributed by atoms with Crippen LogP contribution in [0.15, 0.2) is 53.1 Å². The van der Waals surface area contributed by atoms with E-state index < -0.39 is 11.8 Å². The second-order valence-electron chi connectivity index (χ2n) is 7.20. The minimum absolute atomic E-state index is 0.0566. The van der Waals surface area contributed by atoms with E-state index in [1.165, 1.54) is 23.8 Å². The summed E-state index contributed by atoms with van der Waals surface area (Å²) < 4.78 is 11.2. The number of aliphatic hydroxyl groups is 1. The van der Waals surface area contributed by atoms with Crippen molar-refractivity contribution < 1.29 is 29.6 Å². The van der Waals surface area contributed by atoms with Gasteiger partial charge in [-0.3, -0.25) is 0 Å². The molecule has 0 radical (unpaired) electrons. The van der Waals surface area contributed by atoms with Crippen molar-refractivity contribution in [2.24, 2.45) is 0 Å². The number of esters is 1. The van der Waals surface area contributed by atoms with E-state index in [1.54, 1.807) is 13.0 Å². The standard InChI is InChI=1S/C23H30O6/c1-4-28-23(20-13-19(25)11-12-21(20)26)14-18(22(27)29-23)10-6-8-16(2)7-5-9-17(3)15-24/h8-9,11-14,24-26H,4-7,10,15H2,1-3H3/b16-8+,17-9+/t23-/m0/s1. The SMILES string of the molecule is CCO[C@@]1(c2cc(O)ccc2O)C=C(CC/C=C(\C)CC/C=C(\C)CO)C(=O)O1. The minimum atomic E-state index is -1.53. The maximum absolute atomic E-state index is 12.4. The molecule has 6 heteroatoms. The van der Waals surface area contributed by atoms with Crippen molar-refractivity contribution in [2.45, 2.75) is 52.2 Å². The van der Waals surface area contributed by atoms with Gasteiger partial charge in [0.1, 0.15) is 11.5 Å². The second-order valence-corrected chi connectivity index (χ2v) is 7.20. The van der Waals surface area contributed by atoms with Gasteiger partial charge in [0.15, 0.2) is 0 Å². The molecule has 0 aliphatic carbocycles. The van der Waals surface area contributed by atoms with Gasteiger partial charge in [0.2, 0.25) is 0 Å². The van der Waals surface area contributed by atoms with Crippen LogP contribution in [0.4, 0.5) is 0 Å². The van der Waals surface area contributed by atoms with Crippen LogP contribution in [-0.4, -0.2) is 34.5 Å². The molecular weight excluding hydrogens is 372 g/mol. The van der Waals surface area contributed by atoms with E-state index >= 15 is 0 Å². The fraction of sp³-hybridized carbons (Fsp3) is 0.435. The lowest BCUT2D eigenvalue weighted by molar-refractivity contribution is -0.202. The molecule has 0 bridgehead atoms. The van der Waals surface area contributed by atoms with E-state index in [9.17, 15) is 15.0 Å². The molecule has 0 fully saturated rings. The zero-order valence-electron chi connectivity index (χ0n) is 17.3. The number of aliphatic hydroxyl groups excluding tert-OH is 1. The number of hydrogen-bond acceptors (Lipinski definition) is 6. The fourth-order valence-corrected chi connectivity index (χ4v) is 3.18. The molecule has 1 aromatic carbocycles. The Kier molecular flexibility index (Phi) is 8.05. The second kappa shape index (κ2) is 10.3. The molecule has 3 N–H and O–H groups in total. The summed E-state index contributed by atoms with van der Waals surface area (Å²) in [7, 11) is 0. The Morgan fingerprint density at radius 1 is 1.17 bits per heavy atom. The summed E-state index contributed by atoms with van der Waals surface area (Å²) in [6.07, 6.45) is 8.60. The molecule has 158 valence electrons. The first-order chi connectivity index (χ1) is 13.8. The summed E-state index contributed by atoms with van der Waals surface area (Å²) in [4.78, 5) is 12.4. The van der Waals surface area contributed by atoms with Crippen molar-refractivity contribution in [1.29, 1.82) is 0 Å². The summed E-state index contributed by atoms with van der Waals surface area (Å²) >= 11 is 0. The molecule has 0 saturated carbocycles. The Labute approximate surface area is 171 Å². The van der Waals surface area contributed by atoms with Crippen LogP contribution in [0.5, 0.6) is 11.5 Å². The predicted molar refractivity (Wildman–Crippen MR) is 110 cm³/mol. The zero-order chi connectivity index (χ0) is 21.4. The first-order valence-corrected chi connectivity index (χ1v) is 9.85. The van der Waals surface area contributed by atoms with Gasteiger partial charge in [-0.15, -0.1) is 0 Å². The van der Waals surface area contributed by atoms with Crippen LogP contribution < -0.4 is 0 Å². The average molecular weight is 402 g/mol. The lowest BCUT2D eigenvalue weighted by Crippen LogP contribution is -2.29. The molecule has 6 nitrogen and oxygen atoms in total. The van der Waals surface area contributed by atoms with Crippen LogP contribution in [0.3, 0.4) is 0 Å². The number of cyclic esters (lactones) is 1. The predicted octanol–water partition coefficient (Wildman–Crippen LogP) is 4.22. The van der Waals surface area contributed by atoms with Crippen LogP contribution in [0.25, 0.3) is 0 Å². The quantitative estimate of drug-likeness (QED) is 0.308. The average Bonchev–Trinajstić information content (AvgIpc) is 3.00.